The predicted octanol–water partition coefficient (Wildman–Crippen LogP) is 3.63. The minimum atomic E-state index is -0.631. The minimum absolute atomic E-state index is 0.0677. The number of rotatable bonds is 10. The highest BCUT2D eigenvalue weighted by Crippen LogP contribution is 2.24. The van der Waals surface area contributed by atoms with Crippen molar-refractivity contribution in [2.45, 2.75) is 99.3 Å². The van der Waals surface area contributed by atoms with Crippen LogP contribution in [-0.4, -0.2) is 72.0 Å². The molecule has 2 amide bonds. The lowest BCUT2D eigenvalue weighted by Crippen LogP contribution is -2.59. The molecule has 7 nitrogen and oxygen atoms in total. The molecule has 0 radical (unpaired) electrons. The Bertz CT molecular complexity index is 702. The van der Waals surface area contributed by atoms with Crippen LogP contribution in [0, 0.1) is 17.8 Å². The molecule has 190 valence electrons. The van der Waals surface area contributed by atoms with Gasteiger partial charge in [-0.25, -0.2) is 4.79 Å². The molecule has 1 aliphatic rings. The first-order chi connectivity index (χ1) is 15.3. The highest BCUT2D eigenvalue weighted by atomic mass is 16.5. The molecule has 0 unspecified atom stereocenters. The van der Waals surface area contributed by atoms with E-state index in [1.165, 1.54) is 0 Å². The van der Waals surface area contributed by atoms with Gasteiger partial charge in [-0.3, -0.25) is 14.5 Å². The van der Waals surface area contributed by atoms with Crippen molar-refractivity contribution in [2.75, 3.05) is 20.2 Å². The first-order valence-electron chi connectivity index (χ1n) is 12.5. The maximum absolute atomic E-state index is 13.5. The molecule has 0 spiro atoms. The van der Waals surface area contributed by atoms with Crippen molar-refractivity contribution in [3.63, 3.8) is 0 Å². The lowest BCUT2D eigenvalue weighted by Gasteiger charge is -2.41. The molecule has 33 heavy (non-hydrogen) atoms. The number of nitrogens with zero attached hydrogens (tertiary/aromatic N) is 2. The number of esters is 1. The first-order valence-corrected chi connectivity index (χ1v) is 12.5. The Hall–Kier alpha value is -1.89. The van der Waals surface area contributed by atoms with Gasteiger partial charge >= 0.3 is 5.97 Å². The third kappa shape index (κ3) is 8.13. The van der Waals surface area contributed by atoms with Crippen LogP contribution in [0.4, 0.5) is 0 Å². The fourth-order valence-corrected chi connectivity index (χ4v) is 4.49. The van der Waals surface area contributed by atoms with Crippen molar-refractivity contribution in [1.82, 2.24) is 15.1 Å². The molecule has 1 saturated heterocycles. The summed E-state index contributed by atoms with van der Waals surface area (Å²) < 4.78 is 5.09. The number of hydrogen-bond donors (Lipinski definition) is 1. The normalized spacial score (nSPS) is 21.8. The van der Waals surface area contributed by atoms with Gasteiger partial charge in [-0.05, 0) is 58.3 Å². The highest BCUT2D eigenvalue weighted by Gasteiger charge is 2.37. The number of likely N-dealkylation sites (tertiary alicyclic amines) is 1. The smallest absolute Gasteiger partial charge is 0.333 e. The average molecular weight is 466 g/mol. The lowest BCUT2D eigenvalue weighted by molar-refractivity contribution is -0.140. The molecular weight excluding hydrogens is 418 g/mol. The molecule has 0 aliphatic carbocycles. The van der Waals surface area contributed by atoms with E-state index in [0.717, 1.165) is 19.4 Å². The van der Waals surface area contributed by atoms with E-state index >= 15 is 0 Å². The third-order valence-electron chi connectivity index (χ3n) is 6.55. The molecule has 7 heteroatoms. The molecule has 1 heterocycles. The van der Waals surface area contributed by atoms with Crippen LogP contribution in [0.25, 0.3) is 0 Å². The van der Waals surface area contributed by atoms with E-state index in [-0.39, 0.29) is 47.7 Å². The average Bonchev–Trinajstić information content (AvgIpc) is 2.73. The van der Waals surface area contributed by atoms with Crippen LogP contribution in [0.2, 0.25) is 0 Å². The van der Waals surface area contributed by atoms with Crippen LogP contribution in [0.1, 0.15) is 75.2 Å². The second-order valence-electron chi connectivity index (χ2n) is 10.5. The van der Waals surface area contributed by atoms with E-state index in [4.69, 9.17) is 4.74 Å². The topological polar surface area (TPSA) is 79.0 Å². The van der Waals surface area contributed by atoms with Crippen molar-refractivity contribution >= 4 is 17.8 Å². The van der Waals surface area contributed by atoms with Gasteiger partial charge in [0.1, 0.15) is 6.04 Å². The third-order valence-corrected chi connectivity index (χ3v) is 6.55. The number of nitrogens with one attached hydrogen (secondary N) is 1. The Morgan fingerprint density at radius 1 is 1.09 bits per heavy atom. The predicted molar refractivity (Wildman–Crippen MR) is 133 cm³/mol. The Kier molecular flexibility index (Phi) is 11.6. The maximum Gasteiger partial charge on any atom is 0.333 e. The second-order valence-corrected chi connectivity index (χ2v) is 10.5. The van der Waals surface area contributed by atoms with Gasteiger partial charge in [-0.1, -0.05) is 40.7 Å². The van der Waals surface area contributed by atoms with E-state index in [1.54, 1.807) is 31.9 Å². The lowest BCUT2D eigenvalue weighted by atomic mass is 9.91. The summed E-state index contributed by atoms with van der Waals surface area (Å²) >= 11 is 0. The number of piperidine rings is 1. The SMILES string of the molecule is CCOC(=O)/C(C)=C/[C@H](C(C)C)N(C)C(=O)[C@@H](NC(=O)[C@@H]1CC[C@H](C)CN1C(C)C)C(C)C. The van der Waals surface area contributed by atoms with E-state index < -0.39 is 6.04 Å². The van der Waals surface area contributed by atoms with Crippen LogP contribution in [0.3, 0.4) is 0 Å². The molecule has 0 aromatic carbocycles. The van der Waals surface area contributed by atoms with E-state index in [1.807, 2.05) is 27.7 Å². The van der Waals surface area contributed by atoms with E-state index in [9.17, 15) is 14.4 Å². The zero-order valence-corrected chi connectivity index (χ0v) is 22.5. The Morgan fingerprint density at radius 3 is 2.18 bits per heavy atom. The van der Waals surface area contributed by atoms with Gasteiger partial charge in [0.2, 0.25) is 11.8 Å². The van der Waals surface area contributed by atoms with Crippen molar-refractivity contribution in [3.05, 3.63) is 11.6 Å². The van der Waals surface area contributed by atoms with Crippen LogP contribution < -0.4 is 5.32 Å². The summed E-state index contributed by atoms with van der Waals surface area (Å²) in [5, 5.41) is 3.07. The number of likely N-dealkylation sites (N-methyl/N-ethyl adjacent to an activating group) is 1. The summed E-state index contributed by atoms with van der Waals surface area (Å²) in [6.45, 7) is 19.0. The van der Waals surface area contributed by atoms with Crippen molar-refractivity contribution < 1.29 is 19.1 Å². The summed E-state index contributed by atoms with van der Waals surface area (Å²) in [6.07, 6.45) is 3.60. The summed E-state index contributed by atoms with van der Waals surface area (Å²) in [7, 11) is 1.74. The van der Waals surface area contributed by atoms with Crippen LogP contribution in [-0.2, 0) is 19.1 Å². The van der Waals surface area contributed by atoms with Crippen molar-refractivity contribution in [3.8, 4) is 0 Å². The summed E-state index contributed by atoms with van der Waals surface area (Å²) in [5.41, 5.74) is 0.476. The number of carbonyl (C=O) groups is 3. The molecule has 0 aromatic heterocycles. The molecule has 1 N–H and O–H groups in total. The molecule has 1 fully saturated rings. The fraction of sp³-hybridized carbons (Fsp3) is 0.808. The van der Waals surface area contributed by atoms with E-state index in [0.29, 0.717) is 18.1 Å². The van der Waals surface area contributed by atoms with Gasteiger partial charge in [0.05, 0.1) is 18.7 Å². The van der Waals surface area contributed by atoms with Crippen LogP contribution in [0.15, 0.2) is 11.6 Å². The summed E-state index contributed by atoms with van der Waals surface area (Å²) in [6, 6.07) is -0.871. The molecule has 1 aliphatic heterocycles. The van der Waals surface area contributed by atoms with Gasteiger partial charge in [-0.15, -0.1) is 0 Å². The summed E-state index contributed by atoms with van der Waals surface area (Å²) in [4.78, 5) is 42.9. The maximum atomic E-state index is 13.5. The number of hydrogen-bond acceptors (Lipinski definition) is 5. The number of carbonyl (C=O) groups excluding carboxylic acids is 3. The quantitative estimate of drug-likeness (QED) is 0.394. The minimum Gasteiger partial charge on any atom is -0.463 e. The van der Waals surface area contributed by atoms with Gasteiger partial charge in [-0.2, -0.15) is 0 Å². The Balaban J connectivity index is 3.07. The molecular formula is C26H47N3O4. The Labute approximate surface area is 201 Å². The van der Waals surface area contributed by atoms with Crippen molar-refractivity contribution in [2.24, 2.45) is 17.8 Å². The first kappa shape index (κ1) is 29.1. The molecule has 4 atom stereocenters. The highest BCUT2D eigenvalue weighted by molar-refractivity contribution is 5.91. The standard InChI is InChI=1S/C26H47N3O4/c1-11-33-26(32)20(9)14-22(16(2)3)28(10)25(31)23(17(4)5)27-24(30)21-13-12-19(8)15-29(21)18(6)7/h14,16-19,21-23H,11-13,15H2,1-10H3,(H,27,30)/b20-14+/t19-,21-,22+,23-/m0/s1. The molecule has 0 bridgehead atoms. The molecule has 0 aromatic rings. The largest absolute Gasteiger partial charge is 0.463 e. The van der Waals surface area contributed by atoms with Gasteiger partial charge in [0, 0.05) is 25.2 Å². The van der Waals surface area contributed by atoms with E-state index in [2.05, 4.69) is 31.0 Å². The van der Waals surface area contributed by atoms with Crippen molar-refractivity contribution in [1.29, 1.82) is 0 Å². The molecule has 1 rings (SSSR count). The van der Waals surface area contributed by atoms with Crippen LogP contribution >= 0.6 is 0 Å². The monoisotopic (exact) mass is 465 g/mol. The fourth-order valence-electron chi connectivity index (χ4n) is 4.49. The zero-order valence-electron chi connectivity index (χ0n) is 22.5. The Morgan fingerprint density at radius 2 is 1.70 bits per heavy atom. The number of amides is 2. The van der Waals surface area contributed by atoms with Crippen LogP contribution in [0.5, 0.6) is 0 Å². The molecule has 0 saturated carbocycles. The summed E-state index contributed by atoms with van der Waals surface area (Å²) in [5.74, 6) is -0.0186. The number of ether oxygens (including phenoxy) is 1. The van der Waals surface area contributed by atoms with Gasteiger partial charge in [0.15, 0.2) is 0 Å². The van der Waals surface area contributed by atoms with Gasteiger partial charge < -0.3 is 15.0 Å². The second kappa shape index (κ2) is 13.1. The zero-order chi connectivity index (χ0) is 25.5. The van der Waals surface area contributed by atoms with Gasteiger partial charge in [0.25, 0.3) is 0 Å².